The Labute approximate surface area is 191 Å². The zero-order valence-corrected chi connectivity index (χ0v) is 18.0. The number of rotatable bonds is 7. The van der Waals surface area contributed by atoms with E-state index < -0.39 is 37.2 Å². The maximum atomic E-state index is 12.9. The lowest BCUT2D eigenvalue weighted by Gasteiger charge is -2.13. The second kappa shape index (κ2) is 9.20. The number of halogens is 1. The number of nitrogens with two attached hydrogens (primary N) is 1. The molecular formula is C19H14ClN5O7S. The molecule has 0 bridgehead atoms. The third-order valence-electron chi connectivity index (χ3n) is 4.31. The van der Waals surface area contributed by atoms with E-state index in [1.807, 2.05) is 0 Å². The predicted molar refractivity (Wildman–Crippen MR) is 120 cm³/mol. The van der Waals surface area contributed by atoms with Crippen LogP contribution in [0.1, 0.15) is 10.4 Å². The summed E-state index contributed by atoms with van der Waals surface area (Å²) >= 11 is 5.81. The number of nitro benzene ring substituents is 2. The van der Waals surface area contributed by atoms with Crippen molar-refractivity contribution in [2.45, 2.75) is 4.90 Å². The van der Waals surface area contributed by atoms with Crippen molar-refractivity contribution in [1.82, 2.24) is 0 Å². The number of nitro groups is 2. The van der Waals surface area contributed by atoms with Gasteiger partial charge in [0, 0.05) is 22.5 Å². The molecule has 0 fully saturated rings. The molecule has 3 aromatic rings. The van der Waals surface area contributed by atoms with Crippen molar-refractivity contribution in [1.29, 1.82) is 0 Å². The molecule has 14 heteroatoms. The van der Waals surface area contributed by atoms with E-state index in [0.717, 1.165) is 18.2 Å². The van der Waals surface area contributed by atoms with E-state index in [1.54, 1.807) is 0 Å². The smallest absolute Gasteiger partial charge is 0.300 e. The molecule has 0 aliphatic rings. The van der Waals surface area contributed by atoms with Crippen LogP contribution in [-0.4, -0.2) is 24.2 Å². The summed E-state index contributed by atoms with van der Waals surface area (Å²) in [6.45, 7) is 0. The number of non-ortho nitro benzene ring substituents is 1. The van der Waals surface area contributed by atoms with Crippen molar-refractivity contribution in [2.75, 3.05) is 10.6 Å². The second-order valence-electron chi connectivity index (χ2n) is 6.56. The van der Waals surface area contributed by atoms with Crippen LogP contribution in [-0.2, 0) is 10.0 Å². The van der Waals surface area contributed by atoms with Crippen molar-refractivity contribution in [3.63, 3.8) is 0 Å². The van der Waals surface area contributed by atoms with E-state index in [9.17, 15) is 33.4 Å². The fraction of sp³-hybridized carbons (Fsp3) is 0. The summed E-state index contributed by atoms with van der Waals surface area (Å²) in [7, 11) is -3.97. The van der Waals surface area contributed by atoms with Crippen LogP contribution in [0.4, 0.5) is 28.4 Å². The van der Waals surface area contributed by atoms with Gasteiger partial charge in [-0.3, -0.25) is 25.0 Å². The molecule has 0 aliphatic heterocycles. The zero-order chi connectivity index (χ0) is 24.3. The molecule has 170 valence electrons. The highest BCUT2D eigenvalue weighted by molar-refractivity contribution is 7.89. The number of nitrogens with zero attached hydrogens (tertiary/aromatic N) is 2. The molecule has 0 unspecified atom stereocenters. The highest BCUT2D eigenvalue weighted by atomic mass is 35.5. The number of primary sulfonamides is 1. The van der Waals surface area contributed by atoms with Gasteiger partial charge in [-0.05, 0) is 48.5 Å². The van der Waals surface area contributed by atoms with Gasteiger partial charge in [-0.25, -0.2) is 13.6 Å². The van der Waals surface area contributed by atoms with Gasteiger partial charge in [-0.2, -0.15) is 0 Å². The van der Waals surface area contributed by atoms with Gasteiger partial charge in [-0.1, -0.05) is 11.6 Å². The summed E-state index contributed by atoms with van der Waals surface area (Å²) in [5.74, 6) is -0.868. The van der Waals surface area contributed by atoms with E-state index in [2.05, 4.69) is 10.6 Å². The molecule has 0 spiro atoms. The first-order valence-corrected chi connectivity index (χ1v) is 10.8. The Bertz CT molecular complexity index is 1360. The fourth-order valence-electron chi connectivity index (χ4n) is 2.78. The highest BCUT2D eigenvalue weighted by Crippen LogP contribution is 2.36. The predicted octanol–water partition coefficient (Wildman–Crippen LogP) is 3.80. The quantitative estimate of drug-likeness (QED) is 0.328. The third kappa shape index (κ3) is 5.60. The number of benzene rings is 3. The molecule has 0 saturated heterocycles. The average molecular weight is 492 g/mol. The number of anilines is 3. The largest absolute Gasteiger partial charge is 0.349 e. The minimum absolute atomic E-state index is 0.167. The molecule has 0 aromatic heterocycles. The molecular weight excluding hydrogens is 478 g/mol. The van der Waals surface area contributed by atoms with Gasteiger partial charge in [-0.15, -0.1) is 0 Å². The molecule has 1 amide bonds. The Morgan fingerprint density at radius 2 is 1.48 bits per heavy atom. The lowest BCUT2D eigenvalue weighted by Crippen LogP contribution is -2.15. The van der Waals surface area contributed by atoms with Gasteiger partial charge in [0.05, 0.1) is 26.4 Å². The van der Waals surface area contributed by atoms with Gasteiger partial charge < -0.3 is 10.6 Å². The van der Waals surface area contributed by atoms with Gasteiger partial charge >= 0.3 is 0 Å². The Morgan fingerprint density at radius 1 is 0.909 bits per heavy atom. The van der Waals surface area contributed by atoms with Crippen molar-refractivity contribution in [2.24, 2.45) is 5.14 Å². The van der Waals surface area contributed by atoms with Crippen molar-refractivity contribution in [3.8, 4) is 0 Å². The Kier molecular flexibility index (Phi) is 6.57. The number of hydrogen-bond acceptors (Lipinski definition) is 8. The van der Waals surface area contributed by atoms with Gasteiger partial charge in [0.2, 0.25) is 10.0 Å². The first-order chi connectivity index (χ1) is 15.5. The Hall–Kier alpha value is -4.07. The normalized spacial score (nSPS) is 11.0. The van der Waals surface area contributed by atoms with Crippen molar-refractivity contribution in [3.05, 3.63) is 91.5 Å². The number of carbonyl (C=O) groups is 1. The summed E-state index contributed by atoms with van der Waals surface area (Å²) in [6, 6.07) is 12.4. The minimum atomic E-state index is -3.97. The summed E-state index contributed by atoms with van der Waals surface area (Å²) < 4.78 is 22.9. The topological polar surface area (TPSA) is 188 Å². The maximum absolute atomic E-state index is 12.9. The number of sulfonamides is 1. The first kappa shape index (κ1) is 23.6. The molecule has 0 saturated carbocycles. The lowest BCUT2D eigenvalue weighted by atomic mass is 10.1. The van der Waals surface area contributed by atoms with Crippen LogP contribution in [0.2, 0.25) is 5.02 Å². The summed E-state index contributed by atoms with van der Waals surface area (Å²) in [4.78, 5) is 33.9. The molecule has 0 aliphatic carbocycles. The molecule has 33 heavy (non-hydrogen) atoms. The van der Waals surface area contributed by atoms with Crippen LogP contribution in [0, 0.1) is 20.2 Å². The number of nitrogens with one attached hydrogen (secondary N) is 2. The number of carbonyl (C=O) groups excluding carboxylic acids is 1. The second-order valence-corrected chi connectivity index (χ2v) is 8.55. The van der Waals surface area contributed by atoms with Crippen LogP contribution >= 0.6 is 11.6 Å². The molecule has 0 atom stereocenters. The van der Waals surface area contributed by atoms with Crippen LogP contribution in [0.5, 0.6) is 0 Å². The van der Waals surface area contributed by atoms with Crippen LogP contribution < -0.4 is 15.8 Å². The maximum Gasteiger partial charge on any atom is 0.300 e. The highest BCUT2D eigenvalue weighted by Gasteiger charge is 2.28. The minimum Gasteiger partial charge on any atom is -0.349 e. The van der Waals surface area contributed by atoms with E-state index in [-0.39, 0.29) is 21.8 Å². The van der Waals surface area contributed by atoms with Gasteiger partial charge in [0.25, 0.3) is 17.3 Å². The summed E-state index contributed by atoms with van der Waals surface area (Å²) in [5, 5.41) is 33.6. The molecule has 4 N–H and O–H groups in total. The van der Waals surface area contributed by atoms with Crippen LogP contribution in [0.15, 0.2) is 65.6 Å². The van der Waals surface area contributed by atoms with E-state index in [1.165, 1.54) is 36.4 Å². The van der Waals surface area contributed by atoms with E-state index in [4.69, 9.17) is 16.7 Å². The Balaban J connectivity index is 2.09. The lowest BCUT2D eigenvalue weighted by molar-refractivity contribution is -0.393. The first-order valence-electron chi connectivity index (χ1n) is 8.89. The summed E-state index contributed by atoms with van der Waals surface area (Å²) in [5.41, 5.74) is -1.66. The van der Waals surface area contributed by atoms with Crippen molar-refractivity contribution >= 4 is 56.0 Å². The molecule has 3 rings (SSSR count). The molecule has 0 heterocycles. The fourth-order valence-corrected chi connectivity index (χ4v) is 3.42. The van der Waals surface area contributed by atoms with Gasteiger partial charge in [0.1, 0.15) is 5.69 Å². The summed E-state index contributed by atoms with van der Waals surface area (Å²) in [6.07, 6.45) is 0. The monoisotopic (exact) mass is 491 g/mol. The molecule has 3 aromatic carbocycles. The van der Waals surface area contributed by atoms with E-state index >= 15 is 0 Å². The molecule has 0 radical (unpaired) electrons. The number of hydrogen-bond donors (Lipinski definition) is 3. The van der Waals surface area contributed by atoms with Crippen LogP contribution in [0.3, 0.4) is 0 Å². The number of amides is 1. The standard InChI is InChI=1S/C19H14ClN5O7S/c20-11-1-3-13(4-2-11)23-19(26)16-9-14(24(27)28)10-17(25(29)30)18(16)22-12-5-7-15(8-6-12)33(21,31)32/h1-10,22H,(H,23,26)(H2,21,31,32). The van der Waals surface area contributed by atoms with E-state index in [0.29, 0.717) is 16.8 Å². The van der Waals surface area contributed by atoms with Crippen LogP contribution in [0.25, 0.3) is 0 Å². The third-order valence-corrected chi connectivity index (χ3v) is 5.49. The molecule has 12 nitrogen and oxygen atoms in total. The Morgan fingerprint density at radius 3 is 2.00 bits per heavy atom. The average Bonchev–Trinajstić information content (AvgIpc) is 2.74. The van der Waals surface area contributed by atoms with Gasteiger partial charge in [0.15, 0.2) is 0 Å². The van der Waals surface area contributed by atoms with Crippen molar-refractivity contribution < 1.29 is 23.1 Å². The SMILES string of the molecule is NS(=O)(=O)c1ccc(Nc2c(C(=O)Nc3ccc(Cl)cc3)cc([N+](=O)[O-])cc2[N+](=O)[O-])cc1. The zero-order valence-electron chi connectivity index (χ0n) is 16.4.